The van der Waals surface area contributed by atoms with Crippen molar-refractivity contribution in [3.8, 4) is 0 Å². The summed E-state index contributed by atoms with van der Waals surface area (Å²) in [5.41, 5.74) is 12.7. The first kappa shape index (κ1) is 34.7. The van der Waals surface area contributed by atoms with E-state index < -0.39 is 58.7 Å². The second kappa shape index (κ2) is 14.8. The molecule has 0 aromatic carbocycles. The molecule has 13 nitrogen and oxygen atoms in total. The second-order valence-electron chi connectivity index (χ2n) is 9.11. The van der Waals surface area contributed by atoms with E-state index in [-0.39, 0.29) is 12.8 Å². The molecule has 0 aromatic heterocycles. The average molecular weight is 508 g/mol. The zero-order chi connectivity index (χ0) is 28.2. The van der Waals surface area contributed by atoms with Gasteiger partial charge in [0, 0.05) is 0 Å². The van der Waals surface area contributed by atoms with Gasteiger partial charge in [-0.15, -0.1) is 0 Å². The maximum atomic E-state index is 11.8. The van der Waals surface area contributed by atoms with Crippen LogP contribution in [0.5, 0.6) is 0 Å². The molecule has 9 N–H and O–H groups in total. The molecule has 0 aliphatic rings. The molecule has 0 saturated carbocycles. The number of rotatable bonds is 12. The molecule has 0 spiro atoms. The Balaban J connectivity index is 0. The number of carboxylic acids is 1. The second-order valence-corrected chi connectivity index (χ2v) is 9.11. The number of carboxylic acid groups (broad SMARTS) is 1. The summed E-state index contributed by atoms with van der Waals surface area (Å²) in [5.74, 6) is -6.37. The highest BCUT2D eigenvalue weighted by molar-refractivity contribution is 5.97. The Bertz CT molecular complexity index is 702. The normalized spacial score (nSPS) is 17.7. The molecule has 0 aliphatic carbocycles. The van der Waals surface area contributed by atoms with Gasteiger partial charge in [0.05, 0.1) is 0 Å². The quantitative estimate of drug-likeness (QED) is 0.144. The molecule has 0 amide bonds. The standard InChI is InChI=1S/C16H28N2O8.C6H13NO2/c1-5-7-15(3,17)13(23)25-11(21)9(19)10(20)12(22)26-14(24)16(4,18)8-6-2;1-3-4-6(2,7)5(8)9/h9-10,19-20H,5-8,17-18H2,1-4H3;3-4,7H2,1-2H3,(H,8,9)/t9?,10?,15-,16-;6-/m00/s1. The van der Waals surface area contributed by atoms with E-state index in [4.69, 9.17) is 22.3 Å². The SMILES string of the molecule is CCC[C@](C)(N)C(=O)O.CCC[C@](C)(N)C(=O)OC(=O)C(O)C(O)C(=O)OC(=O)[C@@](C)(N)CCC. The van der Waals surface area contributed by atoms with Crippen LogP contribution in [0.15, 0.2) is 0 Å². The summed E-state index contributed by atoms with van der Waals surface area (Å²) in [5, 5.41) is 27.8. The van der Waals surface area contributed by atoms with Crippen molar-refractivity contribution in [2.24, 2.45) is 17.2 Å². The van der Waals surface area contributed by atoms with Gasteiger partial charge in [0.1, 0.15) is 16.6 Å². The van der Waals surface area contributed by atoms with Crippen LogP contribution in [0.2, 0.25) is 0 Å². The fourth-order valence-corrected chi connectivity index (χ4v) is 2.66. The molecular weight excluding hydrogens is 466 g/mol. The molecule has 35 heavy (non-hydrogen) atoms. The topological polar surface area (TPSA) is 243 Å². The first-order valence-electron chi connectivity index (χ1n) is 11.3. The van der Waals surface area contributed by atoms with E-state index in [0.717, 1.165) is 6.42 Å². The summed E-state index contributed by atoms with van der Waals surface area (Å²) in [6.45, 7) is 9.62. The van der Waals surface area contributed by atoms with E-state index in [1.807, 2.05) is 6.92 Å². The van der Waals surface area contributed by atoms with Crippen molar-refractivity contribution < 1.29 is 48.8 Å². The highest BCUT2D eigenvalue weighted by Crippen LogP contribution is 2.14. The fourth-order valence-electron chi connectivity index (χ4n) is 2.66. The Morgan fingerprint density at radius 2 is 0.914 bits per heavy atom. The number of hydrogen-bond donors (Lipinski definition) is 6. The maximum Gasteiger partial charge on any atom is 0.346 e. The van der Waals surface area contributed by atoms with Crippen molar-refractivity contribution in [1.82, 2.24) is 0 Å². The number of ether oxygens (including phenoxy) is 2. The van der Waals surface area contributed by atoms with Crippen molar-refractivity contribution >= 4 is 29.8 Å². The van der Waals surface area contributed by atoms with Crippen molar-refractivity contribution in [2.75, 3.05) is 0 Å². The van der Waals surface area contributed by atoms with Crippen LogP contribution >= 0.6 is 0 Å². The molecule has 0 bridgehead atoms. The summed E-state index contributed by atoms with van der Waals surface area (Å²) >= 11 is 0. The first-order chi connectivity index (χ1) is 15.8. The summed E-state index contributed by atoms with van der Waals surface area (Å²) in [7, 11) is 0. The maximum absolute atomic E-state index is 11.8. The van der Waals surface area contributed by atoms with E-state index in [1.54, 1.807) is 13.8 Å². The highest BCUT2D eigenvalue weighted by Gasteiger charge is 2.40. The Hall–Kier alpha value is -2.45. The lowest BCUT2D eigenvalue weighted by Gasteiger charge is -2.23. The van der Waals surface area contributed by atoms with Crippen LogP contribution < -0.4 is 17.2 Å². The number of carbonyl (C=O) groups excluding carboxylic acids is 4. The van der Waals surface area contributed by atoms with E-state index in [2.05, 4.69) is 9.47 Å². The highest BCUT2D eigenvalue weighted by atomic mass is 16.6. The largest absolute Gasteiger partial charge is 0.480 e. The van der Waals surface area contributed by atoms with Crippen molar-refractivity contribution in [3.05, 3.63) is 0 Å². The van der Waals surface area contributed by atoms with E-state index in [9.17, 15) is 34.2 Å². The van der Waals surface area contributed by atoms with Crippen LogP contribution in [-0.2, 0) is 33.4 Å². The molecule has 0 aromatic rings. The first-order valence-corrected chi connectivity index (χ1v) is 11.3. The minimum absolute atomic E-state index is 0.209. The number of aliphatic carboxylic acids is 1. The fraction of sp³-hybridized carbons (Fsp3) is 0.773. The molecular formula is C22H41N3O10. The van der Waals surface area contributed by atoms with Gasteiger partial charge in [-0.05, 0) is 40.0 Å². The van der Waals surface area contributed by atoms with Gasteiger partial charge in [-0.2, -0.15) is 0 Å². The molecule has 0 radical (unpaired) electrons. The van der Waals surface area contributed by atoms with Crippen LogP contribution in [0, 0.1) is 0 Å². The van der Waals surface area contributed by atoms with Crippen LogP contribution in [0.4, 0.5) is 0 Å². The summed E-state index contributed by atoms with van der Waals surface area (Å²) in [6, 6.07) is 0. The van der Waals surface area contributed by atoms with Crippen LogP contribution in [0.1, 0.15) is 80.1 Å². The Morgan fingerprint density at radius 3 is 1.11 bits per heavy atom. The zero-order valence-electron chi connectivity index (χ0n) is 21.3. The van der Waals surface area contributed by atoms with Gasteiger partial charge in [-0.3, -0.25) is 4.79 Å². The smallest absolute Gasteiger partial charge is 0.346 e. The zero-order valence-corrected chi connectivity index (χ0v) is 21.3. The predicted molar refractivity (Wildman–Crippen MR) is 124 cm³/mol. The third-order valence-electron chi connectivity index (χ3n) is 4.90. The van der Waals surface area contributed by atoms with E-state index in [0.29, 0.717) is 19.3 Å². The van der Waals surface area contributed by atoms with Crippen molar-refractivity contribution in [3.63, 3.8) is 0 Å². The van der Waals surface area contributed by atoms with Gasteiger partial charge in [0.15, 0.2) is 12.2 Å². The number of carbonyl (C=O) groups is 5. The Morgan fingerprint density at radius 1 is 0.657 bits per heavy atom. The Kier molecular flexibility index (Phi) is 14.7. The van der Waals surface area contributed by atoms with E-state index in [1.165, 1.54) is 20.8 Å². The van der Waals surface area contributed by atoms with Gasteiger partial charge in [-0.1, -0.05) is 40.0 Å². The minimum Gasteiger partial charge on any atom is -0.480 e. The average Bonchev–Trinajstić information content (AvgIpc) is 2.72. The number of nitrogens with two attached hydrogens (primary N) is 3. The lowest BCUT2D eigenvalue weighted by molar-refractivity contribution is -0.183. The summed E-state index contributed by atoms with van der Waals surface area (Å²) in [6.07, 6.45) is -2.06. The van der Waals surface area contributed by atoms with Gasteiger partial charge in [-0.25, -0.2) is 19.2 Å². The molecule has 0 heterocycles. The van der Waals surface area contributed by atoms with Crippen LogP contribution in [0.3, 0.4) is 0 Å². The van der Waals surface area contributed by atoms with Gasteiger partial charge in [0.25, 0.3) is 0 Å². The van der Waals surface area contributed by atoms with E-state index >= 15 is 0 Å². The summed E-state index contributed by atoms with van der Waals surface area (Å²) < 4.78 is 8.76. The van der Waals surface area contributed by atoms with Crippen LogP contribution in [-0.4, -0.2) is 74.0 Å². The van der Waals surface area contributed by atoms with Gasteiger partial charge in [0.2, 0.25) is 0 Å². The molecule has 0 rings (SSSR count). The van der Waals surface area contributed by atoms with Crippen LogP contribution in [0.25, 0.3) is 0 Å². The number of aliphatic hydroxyl groups is 2. The molecule has 0 saturated heterocycles. The molecule has 204 valence electrons. The monoisotopic (exact) mass is 507 g/mol. The molecule has 13 heteroatoms. The Labute approximate surface area is 205 Å². The summed E-state index contributed by atoms with van der Waals surface area (Å²) in [4.78, 5) is 57.3. The predicted octanol–water partition coefficient (Wildman–Crippen LogP) is -0.529. The molecule has 0 aliphatic heterocycles. The van der Waals surface area contributed by atoms with Gasteiger partial charge < -0.3 is 42.0 Å². The third kappa shape index (κ3) is 12.2. The molecule has 5 atom stereocenters. The molecule has 2 unspecified atom stereocenters. The lowest BCUT2D eigenvalue weighted by atomic mass is 9.98. The van der Waals surface area contributed by atoms with Crippen molar-refractivity contribution in [1.29, 1.82) is 0 Å². The van der Waals surface area contributed by atoms with Crippen molar-refractivity contribution in [2.45, 2.75) is 109 Å². The third-order valence-corrected chi connectivity index (χ3v) is 4.90. The minimum atomic E-state index is -2.44. The number of esters is 4. The number of hydrogen-bond acceptors (Lipinski definition) is 12. The number of aliphatic hydroxyl groups excluding tert-OH is 2. The molecule has 0 fully saturated rings. The van der Waals surface area contributed by atoms with Gasteiger partial charge >= 0.3 is 29.8 Å². The lowest BCUT2D eigenvalue weighted by Crippen LogP contribution is -2.51.